The predicted molar refractivity (Wildman–Crippen MR) is 280 cm³/mol. The first-order valence-electron chi connectivity index (χ1n) is 30.1. The van der Waals surface area contributed by atoms with Crippen LogP contribution in [0.3, 0.4) is 0 Å². The molecule has 0 radical (unpaired) electrons. The summed E-state index contributed by atoms with van der Waals surface area (Å²) in [6.45, 7) is 10.4. The fourth-order valence-corrected chi connectivity index (χ4v) is 16.4. The van der Waals surface area contributed by atoms with Gasteiger partial charge in [-0.1, -0.05) is 39.3 Å². The highest BCUT2D eigenvalue weighted by Crippen LogP contribution is 2.70. The molecule has 0 amide bonds. The lowest BCUT2D eigenvalue weighted by atomic mass is 9.47. The van der Waals surface area contributed by atoms with Crippen LogP contribution in [-0.2, 0) is 56.8 Å². The predicted octanol–water partition coefficient (Wildman–Crippen LogP) is -2.86. The second-order valence-electron chi connectivity index (χ2n) is 26.3. The van der Waals surface area contributed by atoms with Crippen molar-refractivity contribution in [2.45, 2.75) is 265 Å². The van der Waals surface area contributed by atoms with E-state index in [0.29, 0.717) is 43.4 Å². The Morgan fingerprint density at radius 3 is 1.82 bits per heavy atom. The molecular formula is C57H94O26. The summed E-state index contributed by atoms with van der Waals surface area (Å²) in [5.74, 6) is 0.718. The van der Waals surface area contributed by atoms with Gasteiger partial charge in [-0.05, 0) is 106 Å². The number of methoxy groups -OCH3 is 1. The van der Waals surface area contributed by atoms with Crippen molar-refractivity contribution in [1.82, 2.24) is 0 Å². The van der Waals surface area contributed by atoms with Gasteiger partial charge in [0.15, 0.2) is 37.2 Å². The third-order valence-electron chi connectivity index (χ3n) is 21.5. The quantitative estimate of drug-likeness (QED) is 0.0614. The van der Waals surface area contributed by atoms with Gasteiger partial charge < -0.3 is 128 Å². The number of rotatable bonds is 18. The summed E-state index contributed by atoms with van der Waals surface area (Å²) in [6, 6.07) is 0. The molecule has 4 aliphatic carbocycles. The Bertz CT molecular complexity index is 2180. The molecule has 478 valence electrons. The third kappa shape index (κ3) is 11.8. The summed E-state index contributed by atoms with van der Waals surface area (Å²) in [5, 5.41) is 149. The van der Waals surface area contributed by atoms with Crippen LogP contribution in [-0.4, -0.2) is 270 Å². The van der Waals surface area contributed by atoms with E-state index in [1.165, 1.54) is 19.4 Å². The maximum atomic E-state index is 12.3. The molecule has 0 spiro atoms. The lowest BCUT2D eigenvalue weighted by Crippen LogP contribution is -2.65. The van der Waals surface area contributed by atoms with Gasteiger partial charge in [-0.15, -0.1) is 0 Å². The number of aliphatic hydroxyl groups excluding tert-OH is 14. The fraction of sp³-hybridized carbons (Fsp3) is 0.965. The van der Waals surface area contributed by atoms with Gasteiger partial charge in [-0.25, -0.2) is 0 Å². The van der Waals surface area contributed by atoms with Gasteiger partial charge in [0, 0.05) is 19.4 Å². The molecular weight excluding hydrogens is 1100 g/mol. The van der Waals surface area contributed by atoms with Crippen molar-refractivity contribution in [2.24, 2.45) is 46.3 Å². The summed E-state index contributed by atoms with van der Waals surface area (Å²) in [7, 11) is 1.71. The average Bonchev–Trinajstić information content (AvgIpc) is 1.61. The Morgan fingerprint density at radius 1 is 0.590 bits per heavy atom. The highest BCUT2D eigenvalue weighted by atomic mass is 16.8. The van der Waals surface area contributed by atoms with Gasteiger partial charge in [0.2, 0.25) is 0 Å². The molecule has 10 aliphatic rings. The molecule has 26 heteroatoms. The van der Waals surface area contributed by atoms with E-state index in [-0.39, 0.29) is 41.3 Å². The topological polar surface area (TPSA) is 394 Å². The lowest BCUT2D eigenvalue weighted by Gasteiger charge is -2.58. The van der Waals surface area contributed by atoms with E-state index in [1.54, 1.807) is 7.11 Å². The Hall–Kier alpha value is -1.30. The van der Waals surface area contributed by atoms with E-state index in [4.69, 9.17) is 56.8 Å². The van der Waals surface area contributed by atoms with Crippen LogP contribution < -0.4 is 0 Å². The number of allylic oxidation sites excluding steroid dienone is 1. The molecule has 3 saturated carbocycles. The minimum absolute atomic E-state index is 0.00115. The number of hydrogen-bond acceptors (Lipinski definition) is 26. The Balaban J connectivity index is 0.785. The molecule has 0 aromatic heterocycles. The summed E-state index contributed by atoms with van der Waals surface area (Å²) in [6.07, 6.45) is -26.4. The molecule has 6 heterocycles. The third-order valence-corrected chi connectivity index (χ3v) is 21.5. The van der Waals surface area contributed by atoms with Crippen LogP contribution in [0.5, 0.6) is 0 Å². The van der Waals surface area contributed by atoms with Crippen molar-refractivity contribution in [1.29, 1.82) is 0 Å². The molecule has 35 unspecified atom stereocenters. The Morgan fingerprint density at radius 2 is 1.16 bits per heavy atom. The molecule has 0 bridgehead atoms. The van der Waals surface area contributed by atoms with Crippen LogP contribution in [0.4, 0.5) is 0 Å². The summed E-state index contributed by atoms with van der Waals surface area (Å²) < 4.78 is 73.1. The van der Waals surface area contributed by atoms with Crippen molar-refractivity contribution in [3.05, 3.63) is 11.6 Å². The van der Waals surface area contributed by atoms with Crippen LogP contribution in [0.2, 0.25) is 0 Å². The molecule has 0 aromatic rings. The van der Waals surface area contributed by atoms with E-state index in [2.05, 4.69) is 26.8 Å². The van der Waals surface area contributed by atoms with Crippen LogP contribution in [0.15, 0.2) is 11.6 Å². The van der Waals surface area contributed by atoms with Crippen molar-refractivity contribution >= 4 is 0 Å². The van der Waals surface area contributed by atoms with Crippen molar-refractivity contribution in [3.63, 3.8) is 0 Å². The van der Waals surface area contributed by atoms with Crippen molar-refractivity contribution < 1.29 is 128 Å². The largest absolute Gasteiger partial charge is 0.394 e. The smallest absolute Gasteiger partial charge is 0.187 e. The zero-order chi connectivity index (χ0) is 59.9. The number of fused-ring (bicyclic) bond motifs is 7. The van der Waals surface area contributed by atoms with Crippen LogP contribution in [0.25, 0.3) is 0 Å². The second-order valence-corrected chi connectivity index (χ2v) is 26.3. The molecule has 0 aromatic carbocycles. The monoisotopic (exact) mass is 1190 g/mol. The van der Waals surface area contributed by atoms with E-state index in [9.17, 15) is 71.5 Å². The Kier molecular flexibility index (Phi) is 19.9. The van der Waals surface area contributed by atoms with Gasteiger partial charge in [-0.3, -0.25) is 0 Å². The van der Waals surface area contributed by atoms with E-state index in [1.807, 2.05) is 6.92 Å². The minimum Gasteiger partial charge on any atom is -0.394 e. The van der Waals surface area contributed by atoms with Gasteiger partial charge in [0.1, 0.15) is 104 Å². The first-order valence-corrected chi connectivity index (χ1v) is 30.1. The number of aliphatic hydroxyl groups is 14. The van der Waals surface area contributed by atoms with E-state index >= 15 is 0 Å². The maximum absolute atomic E-state index is 12.3. The zero-order valence-corrected chi connectivity index (χ0v) is 48.4. The summed E-state index contributed by atoms with van der Waals surface area (Å²) >= 11 is 0. The van der Waals surface area contributed by atoms with Crippen LogP contribution in [0.1, 0.15) is 99.3 Å². The summed E-state index contributed by atoms with van der Waals surface area (Å²) in [4.78, 5) is 0. The molecule has 35 atom stereocenters. The SMILES string of the molecule is COC1(CCC(C)COC2OC(CO)C(O)C(O)C2O)OC2CC3C4CC=C5CC(OC6OC(CO)C(OC7OC(COC8OC(C)C(O)C(O)C8O)C(O)C7O)C(O)C6OC6OC(C)C(O)C(O)C6O)CCC5(C)C4CCC3(C)C2C1C. The van der Waals surface area contributed by atoms with Gasteiger partial charge in [0.05, 0.1) is 50.8 Å². The highest BCUT2D eigenvalue weighted by Gasteiger charge is 2.68. The van der Waals surface area contributed by atoms with Crippen LogP contribution in [0, 0.1) is 46.3 Å². The zero-order valence-electron chi connectivity index (χ0n) is 48.4. The molecule has 83 heavy (non-hydrogen) atoms. The van der Waals surface area contributed by atoms with Crippen molar-refractivity contribution in [2.75, 3.05) is 33.5 Å². The molecule has 10 rings (SSSR count). The van der Waals surface area contributed by atoms with Crippen molar-refractivity contribution in [3.8, 4) is 0 Å². The minimum atomic E-state index is -1.79. The van der Waals surface area contributed by atoms with Crippen LogP contribution >= 0.6 is 0 Å². The van der Waals surface area contributed by atoms with E-state index < -0.39 is 179 Å². The Labute approximate surface area is 483 Å². The highest BCUT2D eigenvalue weighted by molar-refractivity contribution is 5.26. The molecule has 6 aliphatic heterocycles. The maximum Gasteiger partial charge on any atom is 0.187 e. The van der Waals surface area contributed by atoms with Gasteiger partial charge >= 0.3 is 0 Å². The second kappa shape index (κ2) is 25.5. The summed E-state index contributed by atoms with van der Waals surface area (Å²) in [5.41, 5.74) is 1.10. The lowest BCUT2D eigenvalue weighted by molar-refractivity contribution is -0.380. The first kappa shape index (κ1) is 64.7. The molecule has 26 nitrogen and oxygen atoms in total. The average molecular weight is 1200 g/mol. The molecule has 6 saturated heterocycles. The first-order chi connectivity index (χ1) is 39.3. The van der Waals surface area contributed by atoms with Gasteiger partial charge in [-0.2, -0.15) is 0 Å². The van der Waals surface area contributed by atoms with Gasteiger partial charge in [0.25, 0.3) is 0 Å². The normalized spacial score (nSPS) is 54.8. The number of ether oxygens (including phenoxy) is 12. The molecule has 14 N–H and O–H groups in total. The fourth-order valence-electron chi connectivity index (χ4n) is 16.4. The standard InChI is InChI=1S/C57H94O26/c1-22(20-73-51-45(69)42(66)38(62)32(18-58)78-51)10-15-57(72-7)23(2)35-31(83-57)17-30-28-9-8-26-16-27(11-13-55(26,5)29(28)12-14-56(30,35)6)77-54-49(82-52-46(70)41(65)37(61)25(4)76-52)47(71)48(33(19-59)79-54)81-53-43(67)39(63)34(80-53)21-74-50-44(68)40(64)36(60)24(3)75-50/h8,22-25,27-54,58-71H,9-21H2,1-7H3. The van der Waals surface area contributed by atoms with E-state index in [0.717, 1.165) is 32.1 Å². The molecule has 9 fully saturated rings. The number of hydrogen-bond donors (Lipinski definition) is 14.